The van der Waals surface area contributed by atoms with Gasteiger partial charge in [-0.25, -0.2) is 0 Å². The summed E-state index contributed by atoms with van der Waals surface area (Å²) in [6, 6.07) is 20.4. The monoisotopic (exact) mass is 515 g/mol. The minimum atomic E-state index is -0.693. The molecule has 0 saturated carbocycles. The Bertz CT molecular complexity index is 1050. The summed E-state index contributed by atoms with van der Waals surface area (Å²) in [7, 11) is 1.66. The van der Waals surface area contributed by atoms with Crippen molar-refractivity contribution in [2.75, 3.05) is 20.2 Å². The van der Waals surface area contributed by atoms with Gasteiger partial charge in [-0.2, -0.15) is 0 Å². The number of likely N-dealkylation sites (tertiary alicyclic amines) is 1. The Labute approximate surface area is 200 Å². The maximum absolute atomic E-state index is 11.4. The molecule has 1 aliphatic heterocycles. The molecule has 1 fully saturated rings. The van der Waals surface area contributed by atoms with E-state index in [2.05, 4.69) is 39.0 Å². The second-order valence-corrected chi connectivity index (χ2v) is 10.4. The minimum absolute atomic E-state index is 0.0399. The summed E-state index contributed by atoms with van der Waals surface area (Å²) in [4.78, 5) is 15.0. The Hall–Kier alpha value is -2.35. The average Bonchev–Trinajstić information content (AvgIpc) is 3.24. The number of piperidine rings is 1. The van der Waals surface area contributed by atoms with Crippen LogP contribution in [0, 0.1) is 5.92 Å². The maximum atomic E-state index is 11.4. The van der Waals surface area contributed by atoms with Gasteiger partial charge in [0.25, 0.3) is 0 Å². The Morgan fingerprint density at radius 1 is 1.12 bits per heavy atom. The number of carboxylic acid groups (broad SMARTS) is 1. The molecule has 1 atom stereocenters. The quantitative estimate of drug-likeness (QED) is 0.399. The van der Waals surface area contributed by atoms with Crippen LogP contribution >= 0.6 is 27.3 Å². The number of ether oxygens (including phenoxy) is 2. The first-order chi connectivity index (χ1) is 15.5. The van der Waals surface area contributed by atoms with Crippen molar-refractivity contribution in [3.8, 4) is 11.5 Å². The van der Waals surface area contributed by atoms with Crippen LogP contribution in [0.2, 0.25) is 0 Å². The van der Waals surface area contributed by atoms with E-state index in [4.69, 9.17) is 9.47 Å². The van der Waals surface area contributed by atoms with Crippen molar-refractivity contribution in [3.63, 3.8) is 0 Å². The van der Waals surface area contributed by atoms with Gasteiger partial charge in [-0.1, -0.05) is 36.4 Å². The number of methoxy groups -OCH3 is 1. The number of carbonyl (C=O) groups is 1. The van der Waals surface area contributed by atoms with Crippen LogP contribution in [-0.2, 0) is 11.4 Å². The SMILES string of the molecule is COc1cc(C(c2ccc(Br)s2)N2CCC(C(=O)O)CC2)ccc1OCc1ccccc1. The van der Waals surface area contributed by atoms with Gasteiger partial charge in [-0.15, -0.1) is 11.3 Å². The molecule has 0 bridgehead atoms. The van der Waals surface area contributed by atoms with Crippen LogP contribution in [0.4, 0.5) is 0 Å². The van der Waals surface area contributed by atoms with Crippen LogP contribution in [0.15, 0.2) is 64.5 Å². The zero-order chi connectivity index (χ0) is 22.5. The van der Waals surface area contributed by atoms with Crippen LogP contribution in [0.5, 0.6) is 11.5 Å². The first-order valence-electron chi connectivity index (χ1n) is 10.6. The van der Waals surface area contributed by atoms with Gasteiger partial charge in [0, 0.05) is 4.88 Å². The fourth-order valence-corrected chi connectivity index (χ4v) is 5.73. The average molecular weight is 516 g/mol. The molecule has 7 heteroatoms. The fraction of sp³-hybridized carbons (Fsp3) is 0.320. The maximum Gasteiger partial charge on any atom is 0.306 e. The van der Waals surface area contributed by atoms with E-state index >= 15 is 0 Å². The Kier molecular flexibility index (Phi) is 7.50. The number of rotatable bonds is 8. The molecule has 1 saturated heterocycles. The molecule has 3 aromatic rings. The molecule has 168 valence electrons. The van der Waals surface area contributed by atoms with Crippen LogP contribution in [0.1, 0.15) is 34.9 Å². The van der Waals surface area contributed by atoms with Crippen molar-refractivity contribution < 1.29 is 19.4 Å². The van der Waals surface area contributed by atoms with E-state index < -0.39 is 5.97 Å². The van der Waals surface area contributed by atoms with Gasteiger partial charge in [0.05, 0.1) is 22.9 Å². The zero-order valence-corrected chi connectivity index (χ0v) is 20.3. The van der Waals surface area contributed by atoms with Crippen LogP contribution in [0.25, 0.3) is 0 Å². The van der Waals surface area contributed by atoms with Crippen molar-refractivity contribution in [1.29, 1.82) is 0 Å². The molecule has 2 heterocycles. The fourth-order valence-electron chi connectivity index (χ4n) is 4.14. The van der Waals surface area contributed by atoms with Crippen molar-refractivity contribution in [2.45, 2.75) is 25.5 Å². The Morgan fingerprint density at radius 2 is 1.88 bits per heavy atom. The minimum Gasteiger partial charge on any atom is -0.493 e. The third-order valence-corrected chi connectivity index (χ3v) is 7.52. The van der Waals surface area contributed by atoms with E-state index in [9.17, 15) is 9.90 Å². The highest BCUT2D eigenvalue weighted by Crippen LogP contribution is 2.40. The molecular formula is C25H26BrNO4S. The van der Waals surface area contributed by atoms with Crippen molar-refractivity contribution in [3.05, 3.63) is 80.5 Å². The lowest BCUT2D eigenvalue weighted by molar-refractivity contribution is -0.143. The van der Waals surface area contributed by atoms with Gasteiger partial charge in [-0.3, -0.25) is 9.69 Å². The third-order valence-electron chi connectivity index (χ3n) is 5.85. The molecule has 2 aromatic carbocycles. The second-order valence-electron chi connectivity index (χ2n) is 7.88. The lowest BCUT2D eigenvalue weighted by Gasteiger charge is -2.36. The summed E-state index contributed by atoms with van der Waals surface area (Å²) in [5, 5.41) is 9.38. The predicted octanol–water partition coefficient (Wildman–Crippen LogP) is 5.98. The van der Waals surface area contributed by atoms with Crippen molar-refractivity contribution in [1.82, 2.24) is 4.90 Å². The normalized spacial score (nSPS) is 15.9. The summed E-state index contributed by atoms with van der Waals surface area (Å²) in [5.74, 6) is 0.446. The van der Waals surface area contributed by atoms with E-state index in [-0.39, 0.29) is 12.0 Å². The lowest BCUT2D eigenvalue weighted by atomic mass is 9.93. The zero-order valence-electron chi connectivity index (χ0n) is 17.9. The largest absolute Gasteiger partial charge is 0.493 e. The number of hydrogen-bond acceptors (Lipinski definition) is 5. The van der Waals surface area contributed by atoms with Gasteiger partial charge in [0.2, 0.25) is 0 Å². The first kappa shape index (κ1) is 22.8. The summed E-state index contributed by atoms with van der Waals surface area (Å²) < 4.78 is 12.8. The van der Waals surface area contributed by atoms with E-state index in [1.54, 1.807) is 18.4 Å². The van der Waals surface area contributed by atoms with Crippen LogP contribution in [-0.4, -0.2) is 36.2 Å². The molecule has 0 aliphatic carbocycles. The number of benzene rings is 2. The standard InChI is InChI=1S/C25H26BrNO4S/c1-30-21-15-19(7-8-20(21)31-16-17-5-3-2-4-6-17)24(22-9-10-23(26)32-22)27-13-11-18(12-14-27)25(28)29/h2-10,15,18,24H,11-14,16H2,1H3,(H,28,29). The molecule has 0 amide bonds. The molecule has 0 spiro atoms. The van der Waals surface area contributed by atoms with Crippen molar-refractivity contribution in [2.24, 2.45) is 5.92 Å². The molecule has 1 unspecified atom stereocenters. The van der Waals surface area contributed by atoms with Crippen molar-refractivity contribution >= 4 is 33.2 Å². The van der Waals surface area contributed by atoms with E-state index in [0.29, 0.717) is 30.9 Å². The number of thiophene rings is 1. The topological polar surface area (TPSA) is 59.0 Å². The van der Waals surface area contributed by atoms with E-state index in [1.165, 1.54) is 4.88 Å². The molecule has 1 aromatic heterocycles. The highest BCUT2D eigenvalue weighted by atomic mass is 79.9. The highest BCUT2D eigenvalue weighted by Gasteiger charge is 2.31. The number of nitrogens with zero attached hydrogens (tertiary/aromatic N) is 1. The number of hydrogen-bond donors (Lipinski definition) is 1. The summed E-state index contributed by atoms with van der Waals surface area (Å²) in [5.41, 5.74) is 2.21. The summed E-state index contributed by atoms with van der Waals surface area (Å²) in [6.45, 7) is 1.96. The molecule has 0 radical (unpaired) electrons. The van der Waals surface area contributed by atoms with Gasteiger partial charge >= 0.3 is 5.97 Å². The molecule has 4 rings (SSSR count). The summed E-state index contributed by atoms with van der Waals surface area (Å²) in [6.07, 6.45) is 1.32. The Balaban J connectivity index is 1.58. The first-order valence-corrected chi connectivity index (χ1v) is 12.2. The number of aliphatic carboxylic acids is 1. The van der Waals surface area contributed by atoms with E-state index in [1.807, 2.05) is 42.5 Å². The molecule has 1 aliphatic rings. The van der Waals surface area contributed by atoms with Gasteiger partial charge in [0.15, 0.2) is 11.5 Å². The molecular weight excluding hydrogens is 490 g/mol. The predicted molar refractivity (Wildman–Crippen MR) is 130 cm³/mol. The smallest absolute Gasteiger partial charge is 0.306 e. The van der Waals surface area contributed by atoms with Crippen LogP contribution < -0.4 is 9.47 Å². The van der Waals surface area contributed by atoms with Gasteiger partial charge < -0.3 is 14.6 Å². The molecule has 5 nitrogen and oxygen atoms in total. The van der Waals surface area contributed by atoms with Gasteiger partial charge in [0.1, 0.15) is 6.61 Å². The third kappa shape index (κ3) is 5.34. The number of halogens is 1. The van der Waals surface area contributed by atoms with Crippen LogP contribution in [0.3, 0.4) is 0 Å². The molecule has 1 N–H and O–H groups in total. The number of carboxylic acids is 1. The van der Waals surface area contributed by atoms with E-state index in [0.717, 1.165) is 28.0 Å². The molecule has 32 heavy (non-hydrogen) atoms. The highest BCUT2D eigenvalue weighted by molar-refractivity contribution is 9.11. The second kappa shape index (κ2) is 10.5. The Morgan fingerprint density at radius 3 is 2.50 bits per heavy atom. The summed E-state index contributed by atoms with van der Waals surface area (Å²) >= 11 is 5.29. The van der Waals surface area contributed by atoms with Gasteiger partial charge in [-0.05, 0) is 77.3 Å². The lowest BCUT2D eigenvalue weighted by Crippen LogP contribution is -2.39.